The van der Waals surface area contributed by atoms with Crippen LogP contribution in [0.25, 0.3) is 11.1 Å². The van der Waals surface area contributed by atoms with Gasteiger partial charge in [-0.05, 0) is 68.8 Å². The molecule has 5 aromatic rings. The number of fused-ring (bicyclic) bond motifs is 1. The van der Waals surface area contributed by atoms with E-state index in [1.54, 1.807) is 37.5 Å². The molecule has 3 aromatic carbocycles. The van der Waals surface area contributed by atoms with Gasteiger partial charge in [-0.2, -0.15) is 10.1 Å². The number of rotatable bonds is 14. The Bertz CT molecular complexity index is 2870. The molecule has 0 bridgehead atoms. The molecule has 3 amide bonds. The molecular formula is C51H61FN11O6P. The predicted molar refractivity (Wildman–Crippen MR) is 267 cm³/mol. The van der Waals surface area contributed by atoms with Gasteiger partial charge in [-0.1, -0.05) is 19.1 Å². The Kier molecular flexibility index (Phi) is 13.1. The largest absolute Gasteiger partial charge is 0.494 e. The summed E-state index contributed by atoms with van der Waals surface area (Å²) >= 11 is 0. The number of para-hydroxylation sites is 1. The topological polar surface area (TPSA) is 179 Å². The highest BCUT2D eigenvalue weighted by molar-refractivity contribution is 7.70. The number of carbonyl (C=O) groups is 3. The van der Waals surface area contributed by atoms with Gasteiger partial charge in [0.15, 0.2) is 0 Å². The summed E-state index contributed by atoms with van der Waals surface area (Å²) in [5, 5.41) is 14.3. The van der Waals surface area contributed by atoms with Crippen molar-refractivity contribution in [2.45, 2.75) is 82.6 Å². The summed E-state index contributed by atoms with van der Waals surface area (Å²) in [7, 11) is 0.938. The molecule has 0 spiro atoms. The summed E-state index contributed by atoms with van der Waals surface area (Å²) in [6.45, 7) is 11.7. The van der Waals surface area contributed by atoms with Crippen molar-refractivity contribution in [1.82, 2.24) is 39.8 Å². The average molecular weight is 974 g/mol. The van der Waals surface area contributed by atoms with E-state index in [2.05, 4.69) is 54.8 Å². The van der Waals surface area contributed by atoms with Gasteiger partial charge in [-0.25, -0.2) is 9.37 Å². The fraction of sp³-hybridized carbons (Fsp3) is 0.451. The third kappa shape index (κ3) is 9.60. The van der Waals surface area contributed by atoms with Gasteiger partial charge in [0.25, 0.3) is 5.91 Å². The molecule has 3 N–H and O–H groups in total. The lowest BCUT2D eigenvalue weighted by molar-refractivity contribution is -0.136. The number of carbonyl (C=O) groups excluding carboxylic acids is 3. The Hall–Kier alpha value is -6.36. The molecule has 1 aliphatic carbocycles. The lowest BCUT2D eigenvalue weighted by Crippen LogP contribution is -2.58. The number of piperazine rings is 1. The first-order valence-corrected chi connectivity index (χ1v) is 27.0. The number of methoxy groups -OCH3 is 1. The quantitative estimate of drug-likeness (QED) is 0.0837. The maximum atomic E-state index is 14.8. The lowest BCUT2D eigenvalue weighted by Gasteiger charge is -2.48. The fourth-order valence-electron chi connectivity index (χ4n) is 10.8. The molecular weight excluding hydrogens is 913 g/mol. The molecule has 0 radical (unpaired) electrons. The zero-order valence-corrected chi connectivity index (χ0v) is 41.3. The second-order valence-electron chi connectivity index (χ2n) is 19.5. The Morgan fingerprint density at radius 3 is 2.30 bits per heavy atom. The minimum absolute atomic E-state index is 0.0870. The zero-order valence-electron chi connectivity index (χ0n) is 40.4. The summed E-state index contributed by atoms with van der Waals surface area (Å²) < 4.78 is 42.2. The van der Waals surface area contributed by atoms with E-state index in [1.165, 1.54) is 28.3 Å². The van der Waals surface area contributed by atoms with E-state index in [0.29, 0.717) is 40.9 Å². The molecule has 10 rings (SSSR count). The van der Waals surface area contributed by atoms with Crippen molar-refractivity contribution in [3.63, 3.8) is 0 Å². The number of nitrogens with one attached hydrogen (secondary N) is 3. The van der Waals surface area contributed by atoms with E-state index in [4.69, 9.17) is 19.4 Å². The maximum Gasteiger partial charge on any atom is 0.255 e. The molecule has 1 atom stereocenters. The Balaban J connectivity index is 0.739. The third-order valence-electron chi connectivity index (χ3n) is 14.7. The van der Waals surface area contributed by atoms with Crippen molar-refractivity contribution in [3.05, 3.63) is 89.6 Å². The molecule has 4 fully saturated rings. The number of benzene rings is 3. The normalized spacial score (nSPS) is 21.3. The third-order valence-corrected chi connectivity index (χ3v) is 16.3. The van der Waals surface area contributed by atoms with Gasteiger partial charge in [0.05, 0.1) is 36.8 Å². The van der Waals surface area contributed by atoms with Gasteiger partial charge in [0.1, 0.15) is 42.4 Å². The first kappa shape index (κ1) is 47.3. The average Bonchev–Trinajstić information content (AvgIpc) is 3.91. The van der Waals surface area contributed by atoms with Crippen molar-refractivity contribution in [3.8, 4) is 22.6 Å². The van der Waals surface area contributed by atoms with Gasteiger partial charge in [-0.15, -0.1) is 0 Å². The number of imide groups is 1. The van der Waals surface area contributed by atoms with E-state index in [0.717, 1.165) is 99.2 Å². The lowest BCUT2D eigenvalue weighted by atomic mass is 9.87. The van der Waals surface area contributed by atoms with Crippen LogP contribution in [0.1, 0.15) is 66.9 Å². The number of ether oxygens (including phenoxy) is 2. The van der Waals surface area contributed by atoms with Gasteiger partial charge in [0, 0.05) is 130 Å². The molecule has 1 unspecified atom stereocenters. The first-order valence-electron chi connectivity index (χ1n) is 24.3. The molecule has 368 valence electrons. The summed E-state index contributed by atoms with van der Waals surface area (Å²) in [6, 6.07) is 14.6. The van der Waals surface area contributed by atoms with E-state index in [-0.39, 0.29) is 37.0 Å². The minimum Gasteiger partial charge on any atom is -0.494 e. The highest BCUT2D eigenvalue weighted by Gasteiger charge is 2.43. The van der Waals surface area contributed by atoms with Crippen LogP contribution in [0.4, 0.5) is 33.2 Å². The van der Waals surface area contributed by atoms with Crippen LogP contribution in [0.5, 0.6) is 11.5 Å². The molecule has 17 nitrogen and oxygen atoms in total. The summed E-state index contributed by atoms with van der Waals surface area (Å²) in [6.07, 6.45) is 10.4. The van der Waals surface area contributed by atoms with Crippen LogP contribution in [0.2, 0.25) is 0 Å². The number of hydrogen-bond donors (Lipinski definition) is 3. The van der Waals surface area contributed by atoms with Crippen molar-refractivity contribution in [1.29, 1.82) is 0 Å². The number of piperidine rings is 2. The highest BCUT2D eigenvalue weighted by Crippen LogP contribution is 2.42. The van der Waals surface area contributed by atoms with Crippen LogP contribution in [0.15, 0.2) is 67.1 Å². The SMILES string of the molecule is CCc1cc(Nc2ncc(-c3cnn(C)c3)c(Nc3ccccc3P(C)(C)=O)n2)c(OC)cc1N1CCC(N2CCN([C@H]3C[C@H](Oc4cc(F)cc5c4CN(C4CCC(=O)NC4=O)C5=O)C3)CC2)CC1. The summed E-state index contributed by atoms with van der Waals surface area (Å²) in [5.74, 6) is 0.185. The van der Waals surface area contributed by atoms with Crippen LogP contribution in [0.3, 0.4) is 0 Å². The van der Waals surface area contributed by atoms with Crippen LogP contribution < -0.4 is 35.6 Å². The van der Waals surface area contributed by atoms with Gasteiger partial charge in [-0.3, -0.25) is 34.2 Å². The van der Waals surface area contributed by atoms with E-state index < -0.39 is 30.8 Å². The van der Waals surface area contributed by atoms with E-state index >= 15 is 0 Å². The predicted octanol–water partition coefficient (Wildman–Crippen LogP) is 6.28. The van der Waals surface area contributed by atoms with Crippen molar-refractivity contribution < 1.29 is 32.8 Å². The number of nitrogens with zero attached hydrogens (tertiary/aromatic N) is 8. The molecule has 5 aliphatic rings. The standard InChI is InChI=1S/C51H61FN11O6P/c1-6-31-21-41(56-51-53-28-38(32-27-54-59(2)29-32)48(58-51)55-40-9-7-8-10-46(40)70(4,5)67)45(68-3)26-43(31)62-15-13-34(14-16-62)60-17-19-61(20-18-60)35-24-36(25-35)69-44-23-33(52)22-37-39(44)30-63(50(37)66)42-11-12-47(64)57-49(42)65/h7-10,21-23,26-29,34-36,42H,6,11-20,24-25,30H2,1-5H3,(H,57,64,65)(H2,53,55,56,58)/t35-,36-,42?. The minimum atomic E-state index is -2.61. The van der Waals surface area contributed by atoms with Crippen LogP contribution in [-0.4, -0.2) is 136 Å². The van der Waals surface area contributed by atoms with E-state index in [1.807, 2.05) is 37.5 Å². The Morgan fingerprint density at radius 2 is 1.61 bits per heavy atom. The number of aromatic nitrogens is 4. The number of anilines is 5. The molecule has 2 aromatic heterocycles. The molecule has 19 heteroatoms. The van der Waals surface area contributed by atoms with Crippen LogP contribution in [-0.2, 0) is 34.2 Å². The smallest absolute Gasteiger partial charge is 0.255 e. The molecule has 1 saturated carbocycles. The highest BCUT2D eigenvalue weighted by atomic mass is 31.2. The number of aryl methyl sites for hydroxylation is 2. The Morgan fingerprint density at radius 1 is 0.871 bits per heavy atom. The second-order valence-corrected chi connectivity index (χ2v) is 22.7. The van der Waals surface area contributed by atoms with Crippen LogP contribution >= 0.6 is 7.14 Å². The molecule has 6 heterocycles. The molecule has 70 heavy (non-hydrogen) atoms. The first-order chi connectivity index (χ1) is 33.7. The van der Waals surface area contributed by atoms with E-state index in [9.17, 15) is 23.3 Å². The fourth-order valence-corrected chi connectivity index (χ4v) is 12.0. The second kappa shape index (κ2) is 19.4. The van der Waals surface area contributed by atoms with Gasteiger partial charge < -0.3 is 34.5 Å². The van der Waals surface area contributed by atoms with Crippen molar-refractivity contribution in [2.24, 2.45) is 7.05 Å². The van der Waals surface area contributed by atoms with Gasteiger partial charge in [0.2, 0.25) is 17.8 Å². The number of amides is 3. The zero-order chi connectivity index (χ0) is 48.8. The van der Waals surface area contributed by atoms with Crippen molar-refractivity contribution >= 4 is 59.0 Å². The van der Waals surface area contributed by atoms with Crippen LogP contribution in [0, 0.1) is 5.82 Å². The molecule has 3 saturated heterocycles. The maximum absolute atomic E-state index is 14.8. The van der Waals surface area contributed by atoms with Crippen molar-refractivity contribution in [2.75, 3.05) is 75.2 Å². The summed E-state index contributed by atoms with van der Waals surface area (Å²) in [4.78, 5) is 56.4. The van der Waals surface area contributed by atoms with Gasteiger partial charge >= 0.3 is 0 Å². The monoisotopic (exact) mass is 973 g/mol. The number of halogens is 1. The molecule has 4 aliphatic heterocycles. The Labute approximate surface area is 407 Å². The number of hydrogen-bond acceptors (Lipinski definition) is 14. The summed E-state index contributed by atoms with van der Waals surface area (Å²) in [5.41, 5.74) is 6.28.